The molecule has 1 heterocycles. The van der Waals surface area contributed by atoms with Crippen LogP contribution in [0.3, 0.4) is 0 Å². The van der Waals surface area contributed by atoms with Crippen LogP contribution in [0.2, 0.25) is 0 Å². The fourth-order valence-electron chi connectivity index (χ4n) is 5.19. The van der Waals surface area contributed by atoms with Crippen LogP contribution in [0, 0.1) is 11.7 Å². The van der Waals surface area contributed by atoms with Crippen LogP contribution in [0.15, 0.2) is 24.3 Å². The van der Waals surface area contributed by atoms with Crippen molar-refractivity contribution in [2.24, 2.45) is 11.7 Å². The number of aliphatic carboxylic acids is 1. The van der Waals surface area contributed by atoms with Gasteiger partial charge in [0.1, 0.15) is 17.9 Å². The fourth-order valence-corrected chi connectivity index (χ4v) is 5.19. The second-order valence-electron chi connectivity index (χ2n) is 10.0. The molecule has 208 valence electrons. The van der Waals surface area contributed by atoms with E-state index in [1.54, 1.807) is 0 Å². The van der Waals surface area contributed by atoms with E-state index in [2.05, 4.69) is 16.0 Å². The van der Waals surface area contributed by atoms with Crippen LogP contribution in [0.25, 0.3) is 0 Å². The van der Waals surface area contributed by atoms with E-state index >= 15 is 0 Å². The molecule has 1 aromatic carbocycles. The van der Waals surface area contributed by atoms with Crippen molar-refractivity contribution in [2.45, 2.75) is 82.3 Å². The first kappa shape index (κ1) is 28.9. The van der Waals surface area contributed by atoms with Crippen molar-refractivity contribution in [1.29, 1.82) is 0 Å². The molecular weight excluding hydrogens is 497 g/mol. The zero-order valence-electron chi connectivity index (χ0n) is 21.2. The molecule has 1 aliphatic heterocycles. The third-order valence-electron chi connectivity index (χ3n) is 7.14. The summed E-state index contributed by atoms with van der Waals surface area (Å²) in [6.07, 6.45) is 5.05. The van der Waals surface area contributed by atoms with Gasteiger partial charge in [-0.05, 0) is 49.8 Å². The molecule has 1 aliphatic carbocycles. The zero-order chi connectivity index (χ0) is 27.7. The highest BCUT2D eigenvalue weighted by Gasteiger charge is 2.38. The number of hydrogen-bond donors (Lipinski definition) is 4. The van der Waals surface area contributed by atoms with E-state index in [0.717, 1.165) is 38.2 Å². The number of urea groups is 1. The molecule has 3 atom stereocenters. The third-order valence-corrected chi connectivity index (χ3v) is 7.14. The van der Waals surface area contributed by atoms with Crippen molar-refractivity contribution >= 4 is 35.4 Å². The number of nitrogens with zero attached hydrogens (tertiary/aromatic N) is 1. The number of rotatable bonds is 10. The highest BCUT2D eigenvalue weighted by atomic mass is 19.1. The van der Waals surface area contributed by atoms with Gasteiger partial charge in [-0.3, -0.25) is 14.4 Å². The summed E-state index contributed by atoms with van der Waals surface area (Å²) in [7, 11) is 0. The molecule has 0 unspecified atom stereocenters. The highest BCUT2D eigenvalue weighted by Crippen LogP contribution is 2.28. The summed E-state index contributed by atoms with van der Waals surface area (Å²) >= 11 is 0. The summed E-state index contributed by atoms with van der Waals surface area (Å²) in [5.74, 6) is -3.44. The van der Waals surface area contributed by atoms with Crippen molar-refractivity contribution in [3.8, 4) is 0 Å². The van der Waals surface area contributed by atoms with Crippen molar-refractivity contribution in [3.63, 3.8) is 0 Å². The standard InChI is InChI=1S/C26H36FN5O6/c27-17-7-4-8-18(14-17)29-26(38)30-19-11-12-32(22(33)9-10-23(34)35)21(15-19)25(37)31-20(24(28)36)13-16-5-2-1-3-6-16/h4,7-8,14,16,19-21H,1-3,5-6,9-13,15H2,(H2,28,36)(H,31,37)(H,34,35)(H2,29,30,38)/p-1/t19-,20-,21-/m0/s1. The van der Waals surface area contributed by atoms with Gasteiger partial charge in [-0.15, -0.1) is 0 Å². The second kappa shape index (κ2) is 13.7. The van der Waals surface area contributed by atoms with E-state index in [9.17, 15) is 33.5 Å². The smallest absolute Gasteiger partial charge is 0.319 e. The lowest BCUT2D eigenvalue weighted by Gasteiger charge is -2.39. The van der Waals surface area contributed by atoms with Crippen molar-refractivity contribution in [3.05, 3.63) is 30.1 Å². The van der Waals surface area contributed by atoms with E-state index in [4.69, 9.17) is 5.73 Å². The van der Waals surface area contributed by atoms with Crippen LogP contribution in [0.1, 0.15) is 64.2 Å². The average molecular weight is 533 g/mol. The Balaban J connectivity index is 1.68. The van der Waals surface area contributed by atoms with Crippen molar-refractivity contribution in [1.82, 2.24) is 15.5 Å². The summed E-state index contributed by atoms with van der Waals surface area (Å²) in [6, 6.07) is 2.29. The largest absolute Gasteiger partial charge is 0.550 e. The first-order chi connectivity index (χ1) is 18.1. The van der Waals surface area contributed by atoms with Crippen molar-refractivity contribution in [2.75, 3.05) is 11.9 Å². The van der Waals surface area contributed by atoms with Gasteiger partial charge in [0.2, 0.25) is 17.7 Å². The average Bonchev–Trinajstić information content (AvgIpc) is 2.87. The number of anilines is 1. The molecule has 2 fully saturated rings. The molecule has 0 bridgehead atoms. The topological polar surface area (TPSA) is 174 Å². The number of primary amides is 1. The molecule has 0 radical (unpaired) electrons. The Morgan fingerprint density at radius 1 is 1.08 bits per heavy atom. The Morgan fingerprint density at radius 3 is 2.47 bits per heavy atom. The van der Waals surface area contributed by atoms with Gasteiger partial charge in [-0.25, -0.2) is 9.18 Å². The van der Waals surface area contributed by atoms with Gasteiger partial charge in [0.05, 0.1) is 0 Å². The molecular formula is C26H35FN5O6-. The molecule has 1 saturated heterocycles. The Labute approximate surface area is 220 Å². The first-order valence-electron chi connectivity index (χ1n) is 13.0. The molecule has 5 amide bonds. The molecule has 38 heavy (non-hydrogen) atoms. The molecule has 2 aliphatic rings. The van der Waals surface area contributed by atoms with Gasteiger partial charge in [0.25, 0.3) is 0 Å². The summed E-state index contributed by atoms with van der Waals surface area (Å²) in [5, 5.41) is 18.8. The maximum Gasteiger partial charge on any atom is 0.319 e. The highest BCUT2D eigenvalue weighted by molar-refractivity contribution is 5.93. The number of carboxylic acid groups (broad SMARTS) is 1. The minimum atomic E-state index is -1.38. The molecule has 5 N–H and O–H groups in total. The third kappa shape index (κ3) is 8.70. The lowest BCUT2D eigenvalue weighted by Crippen LogP contribution is -2.60. The Morgan fingerprint density at radius 2 is 1.82 bits per heavy atom. The van der Waals surface area contributed by atoms with Crippen LogP contribution in [0.5, 0.6) is 0 Å². The van der Waals surface area contributed by atoms with E-state index in [1.165, 1.54) is 23.1 Å². The monoisotopic (exact) mass is 532 g/mol. The molecule has 3 rings (SSSR count). The Kier molecular flexibility index (Phi) is 10.4. The fraction of sp³-hybridized carbons (Fsp3) is 0.577. The van der Waals surface area contributed by atoms with Crippen LogP contribution in [-0.2, 0) is 19.2 Å². The summed E-state index contributed by atoms with van der Waals surface area (Å²) < 4.78 is 13.4. The molecule has 0 spiro atoms. The van der Waals surface area contributed by atoms with Gasteiger partial charge in [0.15, 0.2) is 0 Å². The van der Waals surface area contributed by atoms with E-state index < -0.39 is 60.1 Å². The summed E-state index contributed by atoms with van der Waals surface area (Å²) in [4.78, 5) is 62.9. The number of piperidine rings is 1. The number of nitrogens with two attached hydrogens (primary N) is 1. The summed E-state index contributed by atoms with van der Waals surface area (Å²) in [6.45, 7) is 0.0821. The van der Waals surface area contributed by atoms with E-state index in [1.807, 2.05) is 0 Å². The van der Waals surface area contributed by atoms with Crippen LogP contribution in [0.4, 0.5) is 14.9 Å². The quantitative estimate of drug-likeness (QED) is 0.346. The van der Waals surface area contributed by atoms with Crippen LogP contribution in [-0.4, -0.2) is 59.3 Å². The maximum atomic E-state index is 13.4. The predicted molar refractivity (Wildman–Crippen MR) is 134 cm³/mol. The van der Waals surface area contributed by atoms with Gasteiger partial charge >= 0.3 is 6.03 Å². The molecule has 1 aromatic rings. The van der Waals surface area contributed by atoms with E-state index in [-0.39, 0.29) is 31.0 Å². The maximum absolute atomic E-state index is 13.4. The summed E-state index contributed by atoms with van der Waals surface area (Å²) in [5.41, 5.74) is 5.83. The molecule has 12 heteroatoms. The number of hydrogen-bond acceptors (Lipinski definition) is 6. The number of benzene rings is 1. The SMILES string of the molecule is NC(=O)[C@H](CC1CCCCC1)NC(=O)[C@@H]1C[C@@H](NC(=O)Nc2cccc(F)c2)CCN1C(=O)CCC(=O)[O-]. The van der Waals surface area contributed by atoms with Crippen molar-refractivity contribution < 1.29 is 33.5 Å². The van der Waals surface area contributed by atoms with E-state index in [0.29, 0.717) is 12.8 Å². The number of likely N-dealkylation sites (tertiary alicyclic amines) is 1. The number of carboxylic acids is 1. The normalized spacial score (nSPS) is 20.7. The number of carbonyl (C=O) groups is 5. The minimum absolute atomic E-state index is 0.0361. The number of nitrogens with one attached hydrogen (secondary N) is 3. The van der Waals surface area contributed by atoms with Gasteiger partial charge in [0, 0.05) is 30.7 Å². The number of carbonyl (C=O) groups excluding carboxylic acids is 5. The second-order valence-corrected chi connectivity index (χ2v) is 10.0. The zero-order valence-corrected chi connectivity index (χ0v) is 21.2. The molecule has 0 aromatic heterocycles. The Bertz CT molecular complexity index is 1030. The predicted octanol–water partition coefficient (Wildman–Crippen LogP) is 0.777. The van der Waals surface area contributed by atoms with Crippen LogP contribution < -0.4 is 26.8 Å². The van der Waals surface area contributed by atoms with Gasteiger partial charge in [-0.2, -0.15) is 0 Å². The number of amides is 5. The number of halogens is 1. The lowest BCUT2D eigenvalue weighted by atomic mass is 9.84. The lowest BCUT2D eigenvalue weighted by molar-refractivity contribution is -0.305. The molecule has 1 saturated carbocycles. The van der Waals surface area contributed by atoms with Crippen LogP contribution >= 0.6 is 0 Å². The molecule has 11 nitrogen and oxygen atoms in total. The van der Waals surface area contributed by atoms with Gasteiger partial charge < -0.3 is 36.5 Å². The first-order valence-corrected chi connectivity index (χ1v) is 13.0. The minimum Gasteiger partial charge on any atom is -0.550 e. The van der Waals surface area contributed by atoms with Gasteiger partial charge in [-0.1, -0.05) is 38.2 Å². The Hall–Kier alpha value is -3.70.